The number of aromatic nitrogens is 2. The molecule has 0 saturated heterocycles. The summed E-state index contributed by atoms with van der Waals surface area (Å²) in [6.07, 6.45) is 7.94. The van der Waals surface area contributed by atoms with Crippen LogP contribution in [0.25, 0.3) is 0 Å². The van der Waals surface area contributed by atoms with Crippen molar-refractivity contribution in [2.24, 2.45) is 0 Å². The van der Waals surface area contributed by atoms with Gasteiger partial charge in [0.1, 0.15) is 0 Å². The number of rotatable bonds is 4. The minimum atomic E-state index is -0.357. The fraction of sp³-hybridized carbons (Fsp3) is 0.231. The lowest BCUT2D eigenvalue weighted by Gasteiger charge is -2.10. The van der Waals surface area contributed by atoms with E-state index in [1.807, 2.05) is 24.3 Å². The second kappa shape index (κ2) is 5.37. The van der Waals surface area contributed by atoms with Crippen LogP contribution in [-0.2, 0) is 12.8 Å². The Bertz CT molecular complexity index is 375. The second-order valence-electron chi connectivity index (χ2n) is 3.77. The maximum atomic E-state index is 9.92. The monoisotopic (exact) mass is 214 g/mol. The third-order valence-electron chi connectivity index (χ3n) is 2.44. The molecule has 2 rings (SSSR count). The van der Waals surface area contributed by atoms with E-state index in [0.717, 1.165) is 11.1 Å². The van der Waals surface area contributed by atoms with Crippen LogP contribution in [0.3, 0.4) is 0 Å². The number of aliphatic hydroxyl groups is 1. The van der Waals surface area contributed by atoms with E-state index >= 15 is 0 Å². The van der Waals surface area contributed by atoms with Gasteiger partial charge in [-0.15, -0.1) is 0 Å². The van der Waals surface area contributed by atoms with Gasteiger partial charge in [-0.05, 0) is 48.2 Å². The van der Waals surface area contributed by atoms with Crippen LogP contribution in [0.4, 0.5) is 0 Å². The predicted molar refractivity (Wildman–Crippen MR) is 61.9 cm³/mol. The van der Waals surface area contributed by atoms with Crippen LogP contribution in [0.5, 0.6) is 0 Å². The average molecular weight is 214 g/mol. The van der Waals surface area contributed by atoms with E-state index in [9.17, 15) is 5.11 Å². The molecular formula is C13H14N2O. The summed E-state index contributed by atoms with van der Waals surface area (Å²) in [5.41, 5.74) is 2.22. The van der Waals surface area contributed by atoms with Gasteiger partial charge in [-0.3, -0.25) is 9.97 Å². The van der Waals surface area contributed by atoms with Gasteiger partial charge >= 0.3 is 0 Å². The highest BCUT2D eigenvalue weighted by Crippen LogP contribution is 2.07. The Balaban J connectivity index is 1.92. The van der Waals surface area contributed by atoms with Gasteiger partial charge < -0.3 is 5.11 Å². The molecule has 2 aromatic heterocycles. The lowest BCUT2D eigenvalue weighted by atomic mass is 10.0. The quantitative estimate of drug-likeness (QED) is 0.841. The van der Waals surface area contributed by atoms with Crippen LogP contribution >= 0.6 is 0 Å². The molecule has 16 heavy (non-hydrogen) atoms. The maximum Gasteiger partial charge on any atom is 0.0620 e. The minimum absolute atomic E-state index is 0.357. The van der Waals surface area contributed by atoms with Crippen molar-refractivity contribution in [2.45, 2.75) is 18.9 Å². The summed E-state index contributed by atoms with van der Waals surface area (Å²) in [7, 11) is 0. The van der Waals surface area contributed by atoms with Gasteiger partial charge in [0.2, 0.25) is 0 Å². The van der Waals surface area contributed by atoms with Crippen molar-refractivity contribution in [1.82, 2.24) is 9.97 Å². The zero-order valence-corrected chi connectivity index (χ0v) is 8.95. The second-order valence-corrected chi connectivity index (χ2v) is 3.77. The summed E-state index contributed by atoms with van der Waals surface area (Å²) >= 11 is 0. The topological polar surface area (TPSA) is 46.0 Å². The first kappa shape index (κ1) is 10.8. The fourth-order valence-electron chi connectivity index (χ4n) is 1.65. The van der Waals surface area contributed by atoms with Gasteiger partial charge in [0.15, 0.2) is 0 Å². The Labute approximate surface area is 94.8 Å². The standard InChI is InChI=1S/C13H14N2O/c16-13(9-11-1-5-14-6-2-11)10-12-3-7-15-8-4-12/h1-8,13,16H,9-10H2. The van der Waals surface area contributed by atoms with E-state index in [1.165, 1.54) is 0 Å². The Morgan fingerprint density at radius 2 is 1.19 bits per heavy atom. The molecule has 3 nitrogen and oxygen atoms in total. The van der Waals surface area contributed by atoms with Crippen molar-refractivity contribution in [3.8, 4) is 0 Å². The highest BCUT2D eigenvalue weighted by molar-refractivity contribution is 5.14. The van der Waals surface area contributed by atoms with Gasteiger partial charge in [0.25, 0.3) is 0 Å². The molecule has 3 heteroatoms. The zero-order chi connectivity index (χ0) is 11.2. The summed E-state index contributed by atoms with van der Waals surface area (Å²) in [6.45, 7) is 0. The van der Waals surface area contributed by atoms with E-state index in [-0.39, 0.29) is 6.10 Å². The zero-order valence-electron chi connectivity index (χ0n) is 8.95. The van der Waals surface area contributed by atoms with Crippen LogP contribution in [0.15, 0.2) is 49.1 Å². The van der Waals surface area contributed by atoms with Crippen LogP contribution in [-0.4, -0.2) is 21.2 Å². The first-order valence-corrected chi connectivity index (χ1v) is 5.30. The van der Waals surface area contributed by atoms with Crippen molar-refractivity contribution in [1.29, 1.82) is 0 Å². The van der Waals surface area contributed by atoms with Gasteiger partial charge in [-0.2, -0.15) is 0 Å². The molecular weight excluding hydrogens is 200 g/mol. The van der Waals surface area contributed by atoms with E-state index in [4.69, 9.17) is 0 Å². The SMILES string of the molecule is OC(Cc1ccncc1)Cc1ccncc1. The lowest BCUT2D eigenvalue weighted by Crippen LogP contribution is -2.13. The molecule has 2 heterocycles. The average Bonchev–Trinajstić information content (AvgIpc) is 2.31. The molecule has 0 fully saturated rings. The van der Waals surface area contributed by atoms with Crippen molar-refractivity contribution in [2.75, 3.05) is 0 Å². The molecule has 0 saturated carbocycles. The molecule has 0 amide bonds. The van der Waals surface area contributed by atoms with Crippen molar-refractivity contribution < 1.29 is 5.11 Å². The van der Waals surface area contributed by atoms with Crippen LogP contribution in [0.1, 0.15) is 11.1 Å². The largest absolute Gasteiger partial charge is 0.392 e. The van der Waals surface area contributed by atoms with Gasteiger partial charge in [0, 0.05) is 24.8 Å². The molecule has 82 valence electrons. The van der Waals surface area contributed by atoms with Crippen LogP contribution < -0.4 is 0 Å². The summed E-state index contributed by atoms with van der Waals surface area (Å²) in [5.74, 6) is 0. The van der Waals surface area contributed by atoms with Gasteiger partial charge in [-0.1, -0.05) is 0 Å². The summed E-state index contributed by atoms with van der Waals surface area (Å²) in [4.78, 5) is 7.89. The number of hydrogen-bond acceptors (Lipinski definition) is 3. The van der Waals surface area contributed by atoms with E-state index in [0.29, 0.717) is 12.8 Å². The van der Waals surface area contributed by atoms with Crippen molar-refractivity contribution in [3.63, 3.8) is 0 Å². The molecule has 0 unspecified atom stereocenters. The van der Waals surface area contributed by atoms with Gasteiger partial charge in [-0.25, -0.2) is 0 Å². The highest BCUT2D eigenvalue weighted by atomic mass is 16.3. The van der Waals surface area contributed by atoms with E-state index in [1.54, 1.807) is 24.8 Å². The Morgan fingerprint density at radius 3 is 1.56 bits per heavy atom. The lowest BCUT2D eigenvalue weighted by molar-refractivity contribution is 0.175. The molecule has 0 aliphatic rings. The molecule has 0 aliphatic heterocycles. The smallest absolute Gasteiger partial charge is 0.0620 e. The minimum Gasteiger partial charge on any atom is -0.392 e. The van der Waals surface area contributed by atoms with Crippen LogP contribution in [0, 0.1) is 0 Å². The molecule has 0 atom stereocenters. The Morgan fingerprint density at radius 1 is 0.812 bits per heavy atom. The molecule has 2 aromatic rings. The number of hydrogen-bond donors (Lipinski definition) is 1. The van der Waals surface area contributed by atoms with E-state index < -0.39 is 0 Å². The summed E-state index contributed by atoms with van der Waals surface area (Å²) in [6, 6.07) is 7.71. The summed E-state index contributed by atoms with van der Waals surface area (Å²) < 4.78 is 0. The fourth-order valence-corrected chi connectivity index (χ4v) is 1.65. The Kier molecular flexibility index (Phi) is 3.62. The van der Waals surface area contributed by atoms with Crippen molar-refractivity contribution in [3.05, 3.63) is 60.2 Å². The molecule has 1 N–H and O–H groups in total. The number of nitrogens with zero attached hydrogens (tertiary/aromatic N) is 2. The van der Waals surface area contributed by atoms with Gasteiger partial charge in [0.05, 0.1) is 6.10 Å². The predicted octanol–water partition coefficient (Wildman–Crippen LogP) is 1.62. The summed E-state index contributed by atoms with van der Waals surface area (Å²) in [5, 5.41) is 9.92. The third kappa shape index (κ3) is 3.14. The first-order chi connectivity index (χ1) is 7.84. The molecule has 0 bridgehead atoms. The number of pyridine rings is 2. The van der Waals surface area contributed by atoms with E-state index in [2.05, 4.69) is 9.97 Å². The third-order valence-corrected chi connectivity index (χ3v) is 2.44. The van der Waals surface area contributed by atoms with Crippen molar-refractivity contribution >= 4 is 0 Å². The molecule has 0 aromatic carbocycles. The molecule has 0 aliphatic carbocycles. The molecule has 0 spiro atoms. The highest BCUT2D eigenvalue weighted by Gasteiger charge is 2.06. The maximum absolute atomic E-state index is 9.92. The Hall–Kier alpha value is -1.74. The van der Waals surface area contributed by atoms with Crippen LogP contribution in [0.2, 0.25) is 0 Å². The first-order valence-electron chi connectivity index (χ1n) is 5.30. The molecule has 0 radical (unpaired) electrons. The number of aliphatic hydroxyl groups excluding tert-OH is 1. The normalized spacial score (nSPS) is 10.6.